The summed E-state index contributed by atoms with van der Waals surface area (Å²) in [6.07, 6.45) is 10.3. The fraction of sp³-hybridized carbons (Fsp3) is 0.591. The first-order chi connectivity index (χ1) is 14.3. The number of rotatable bonds is 7. The first-order valence-electron chi connectivity index (χ1n) is 10.9. The van der Waals surface area contributed by atoms with Crippen LogP contribution in [0.15, 0.2) is 34.4 Å². The molecule has 29 heavy (non-hydrogen) atoms. The van der Waals surface area contributed by atoms with Crippen molar-refractivity contribution >= 4 is 23.4 Å². The van der Waals surface area contributed by atoms with Gasteiger partial charge in [0, 0.05) is 37.8 Å². The van der Waals surface area contributed by atoms with E-state index in [9.17, 15) is 0 Å². The first kappa shape index (κ1) is 20.3. The lowest BCUT2D eigenvalue weighted by Gasteiger charge is -2.22. The summed E-state index contributed by atoms with van der Waals surface area (Å²) >= 11 is 1.71. The number of aliphatic imine (C=N–C) groups is 1. The van der Waals surface area contributed by atoms with Crippen molar-refractivity contribution in [1.29, 1.82) is 0 Å². The van der Waals surface area contributed by atoms with Gasteiger partial charge in [-0.3, -0.25) is 4.99 Å². The van der Waals surface area contributed by atoms with E-state index in [2.05, 4.69) is 62.4 Å². The molecule has 1 aliphatic heterocycles. The molecule has 0 saturated heterocycles. The Morgan fingerprint density at radius 3 is 2.86 bits per heavy atom. The third kappa shape index (κ3) is 4.44. The lowest BCUT2D eigenvalue weighted by molar-refractivity contribution is 0.461. The fourth-order valence-electron chi connectivity index (χ4n) is 4.52. The smallest absolute Gasteiger partial charge is 0.198 e. The van der Waals surface area contributed by atoms with Gasteiger partial charge in [-0.1, -0.05) is 42.8 Å². The lowest BCUT2D eigenvalue weighted by Crippen LogP contribution is -2.40. The molecule has 0 spiro atoms. The number of fused-ring (bicyclic) bond motifs is 1. The van der Waals surface area contributed by atoms with E-state index in [1.54, 1.807) is 11.8 Å². The number of anilines is 1. The minimum absolute atomic E-state index is 0.587. The van der Waals surface area contributed by atoms with Crippen molar-refractivity contribution < 1.29 is 0 Å². The van der Waals surface area contributed by atoms with Gasteiger partial charge < -0.3 is 14.8 Å². The number of hydrogen-bond donors (Lipinski definition) is 1. The van der Waals surface area contributed by atoms with Crippen molar-refractivity contribution in [3.05, 3.63) is 35.7 Å². The van der Waals surface area contributed by atoms with Gasteiger partial charge in [0.05, 0.1) is 0 Å². The summed E-state index contributed by atoms with van der Waals surface area (Å²) in [6.45, 7) is 4.81. The van der Waals surface area contributed by atoms with E-state index < -0.39 is 0 Å². The minimum Gasteiger partial charge on any atom is -0.356 e. The lowest BCUT2D eigenvalue weighted by atomic mass is 10.2. The van der Waals surface area contributed by atoms with Crippen molar-refractivity contribution in [3.8, 4) is 0 Å². The highest BCUT2D eigenvalue weighted by Gasteiger charge is 2.24. The highest BCUT2D eigenvalue weighted by Crippen LogP contribution is 2.33. The number of aromatic nitrogens is 3. The molecular weight excluding hydrogens is 380 g/mol. The van der Waals surface area contributed by atoms with E-state index in [1.807, 2.05) is 0 Å². The molecule has 2 aromatic rings. The molecule has 0 radical (unpaired) electrons. The average Bonchev–Trinajstić information content (AvgIpc) is 3.49. The fourth-order valence-corrected chi connectivity index (χ4v) is 5.10. The Labute approximate surface area is 178 Å². The first-order valence-corrected chi connectivity index (χ1v) is 12.2. The molecule has 4 rings (SSSR count). The summed E-state index contributed by atoms with van der Waals surface area (Å²) < 4.78 is 2.41. The van der Waals surface area contributed by atoms with E-state index in [4.69, 9.17) is 4.99 Å². The van der Waals surface area contributed by atoms with Crippen LogP contribution in [0, 0.1) is 0 Å². The predicted molar refractivity (Wildman–Crippen MR) is 121 cm³/mol. The van der Waals surface area contributed by atoms with Crippen LogP contribution in [-0.2, 0) is 12.8 Å². The van der Waals surface area contributed by atoms with Crippen LogP contribution in [0.5, 0.6) is 0 Å². The monoisotopic (exact) mass is 412 g/mol. The molecule has 1 aromatic heterocycles. The van der Waals surface area contributed by atoms with Gasteiger partial charge in [-0.25, -0.2) is 0 Å². The Morgan fingerprint density at radius 1 is 1.24 bits per heavy atom. The second-order valence-electron chi connectivity index (χ2n) is 7.78. The molecule has 1 saturated carbocycles. The van der Waals surface area contributed by atoms with Gasteiger partial charge in [0.25, 0.3) is 0 Å². The van der Waals surface area contributed by atoms with Crippen LogP contribution in [0.1, 0.15) is 56.5 Å². The minimum atomic E-state index is 0.587. The van der Waals surface area contributed by atoms with Crippen LogP contribution in [-0.4, -0.2) is 46.6 Å². The number of guanidine groups is 1. The molecule has 6 nitrogen and oxygen atoms in total. The van der Waals surface area contributed by atoms with Crippen LogP contribution in [0.2, 0.25) is 0 Å². The second-order valence-corrected chi connectivity index (χ2v) is 8.55. The molecule has 156 valence electrons. The van der Waals surface area contributed by atoms with Gasteiger partial charge in [0.2, 0.25) is 0 Å². The van der Waals surface area contributed by atoms with Crippen LogP contribution < -0.4 is 10.2 Å². The molecule has 1 N–H and O–H groups in total. The van der Waals surface area contributed by atoms with Gasteiger partial charge in [-0.15, -0.1) is 10.2 Å². The van der Waals surface area contributed by atoms with Gasteiger partial charge in [-0.2, -0.15) is 0 Å². The maximum atomic E-state index is 4.93. The molecule has 2 aliphatic rings. The van der Waals surface area contributed by atoms with Gasteiger partial charge in [0.15, 0.2) is 11.1 Å². The van der Waals surface area contributed by atoms with E-state index in [-0.39, 0.29) is 0 Å². The van der Waals surface area contributed by atoms with Crippen molar-refractivity contribution in [3.63, 3.8) is 0 Å². The van der Waals surface area contributed by atoms with Crippen molar-refractivity contribution in [1.82, 2.24) is 20.1 Å². The summed E-state index contributed by atoms with van der Waals surface area (Å²) in [5, 5.41) is 13.5. The Hall–Kier alpha value is -2.02. The Balaban J connectivity index is 1.41. The second kappa shape index (κ2) is 9.65. The number of para-hydroxylation sites is 1. The largest absolute Gasteiger partial charge is 0.356 e. The van der Waals surface area contributed by atoms with E-state index >= 15 is 0 Å². The highest BCUT2D eigenvalue weighted by atomic mass is 32.2. The van der Waals surface area contributed by atoms with E-state index in [1.165, 1.54) is 36.9 Å². The zero-order valence-electron chi connectivity index (χ0n) is 17.6. The molecule has 2 heterocycles. The zero-order chi connectivity index (χ0) is 20.1. The number of nitrogens with zero attached hydrogens (tertiary/aromatic N) is 5. The number of aryl methyl sites for hydroxylation is 1. The third-order valence-corrected chi connectivity index (χ3v) is 6.55. The summed E-state index contributed by atoms with van der Waals surface area (Å²) in [7, 11) is 0. The Bertz CT molecular complexity index is 840. The van der Waals surface area contributed by atoms with Crippen LogP contribution >= 0.6 is 11.8 Å². The van der Waals surface area contributed by atoms with Gasteiger partial charge >= 0.3 is 0 Å². The van der Waals surface area contributed by atoms with Crippen molar-refractivity contribution in [2.45, 2.75) is 63.1 Å². The van der Waals surface area contributed by atoms with E-state index in [0.717, 1.165) is 55.8 Å². The van der Waals surface area contributed by atoms with Crippen LogP contribution in [0.4, 0.5) is 5.69 Å². The quantitative estimate of drug-likeness (QED) is 0.321. The van der Waals surface area contributed by atoms with E-state index in [0.29, 0.717) is 6.04 Å². The normalized spacial score (nSPS) is 17.2. The Kier molecular flexibility index (Phi) is 6.74. The SMILES string of the molecule is CCNC(=NCCCc1nnc(SC)n1C1CCCC1)N1CCc2ccccc21. The predicted octanol–water partition coefficient (Wildman–Crippen LogP) is 4.08. The maximum Gasteiger partial charge on any atom is 0.198 e. The molecule has 1 aliphatic carbocycles. The van der Waals surface area contributed by atoms with Crippen molar-refractivity contribution in [2.75, 3.05) is 30.8 Å². The summed E-state index contributed by atoms with van der Waals surface area (Å²) in [6, 6.07) is 9.24. The van der Waals surface area contributed by atoms with Gasteiger partial charge in [0.1, 0.15) is 5.82 Å². The van der Waals surface area contributed by atoms with Crippen LogP contribution in [0.3, 0.4) is 0 Å². The topological polar surface area (TPSA) is 58.3 Å². The standard InChI is InChI=1S/C22H32N6S/c1-3-23-21(27-16-14-17-9-4-7-12-19(17)27)24-15-8-13-20-25-26-22(29-2)28(20)18-10-5-6-11-18/h4,7,9,12,18H,3,5-6,8,10-11,13-16H2,1-2H3,(H,23,24). The number of nitrogens with one attached hydrogen (secondary N) is 1. The molecule has 0 amide bonds. The maximum absolute atomic E-state index is 4.93. The average molecular weight is 413 g/mol. The summed E-state index contributed by atoms with van der Waals surface area (Å²) in [5.74, 6) is 2.13. The Morgan fingerprint density at radius 2 is 2.07 bits per heavy atom. The highest BCUT2D eigenvalue weighted by molar-refractivity contribution is 7.98. The molecule has 7 heteroatoms. The summed E-state index contributed by atoms with van der Waals surface area (Å²) in [5.41, 5.74) is 2.70. The molecule has 0 atom stereocenters. The third-order valence-electron chi connectivity index (χ3n) is 5.91. The number of benzene rings is 1. The number of hydrogen-bond acceptors (Lipinski definition) is 4. The van der Waals surface area contributed by atoms with Crippen molar-refractivity contribution in [2.24, 2.45) is 4.99 Å². The molecule has 1 aromatic carbocycles. The van der Waals surface area contributed by atoms with Gasteiger partial charge in [-0.05, 0) is 50.5 Å². The molecule has 1 fully saturated rings. The zero-order valence-corrected chi connectivity index (χ0v) is 18.4. The molecule has 0 bridgehead atoms. The molecular formula is C22H32N6S. The number of thioether (sulfide) groups is 1. The van der Waals surface area contributed by atoms with Crippen LogP contribution in [0.25, 0.3) is 0 Å². The molecule has 0 unspecified atom stereocenters. The summed E-state index contributed by atoms with van der Waals surface area (Å²) in [4.78, 5) is 7.26.